The summed E-state index contributed by atoms with van der Waals surface area (Å²) in [5, 5.41) is 4.79. The fraction of sp³-hybridized carbons (Fsp3) is 0.550. The molecule has 1 fully saturated rings. The minimum absolute atomic E-state index is 0.0775. The summed E-state index contributed by atoms with van der Waals surface area (Å²) in [6, 6.07) is 11.0. The maximum absolute atomic E-state index is 5.40. The van der Waals surface area contributed by atoms with E-state index < -0.39 is 0 Å². The average molecular weight is 327 g/mol. The van der Waals surface area contributed by atoms with Crippen molar-refractivity contribution in [3.63, 3.8) is 0 Å². The largest absolute Gasteiger partial charge is 0.379 e. The van der Waals surface area contributed by atoms with E-state index in [2.05, 4.69) is 62.9 Å². The molecule has 24 heavy (non-hydrogen) atoms. The summed E-state index contributed by atoms with van der Waals surface area (Å²) in [6.07, 6.45) is 1.09. The monoisotopic (exact) mass is 327 g/mol. The third-order valence-electron chi connectivity index (χ3n) is 4.66. The molecule has 0 amide bonds. The van der Waals surface area contributed by atoms with E-state index in [1.807, 2.05) is 4.68 Å². The molecule has 0 atom stereocenters. The van der Waals surface area contributed by atoms with Crippen molar-refractivity contribution in [1.29, 1.82) is 0 Å². The van der Waals surface area contributed by atoms with E-state index in [9.17, 15) is 0 Å². The number of ether oxygens (including phenoxy) is 1. The lowest BCUT2D eigenvalue weighted by molar-refractivity contribution is 0.0384. The van der Waals surface area contributed by atoms with E-state index in [-0.39, 0.29) is 5.41 Å². The van der Waals surface area contributed by atoms with E-state index in [4.69, 9.17) is 9.84 Å². The van der Waals surface area contributed by atoms with Gasteiger partial charge in [-0.25, -0.2) is 4.68 Å². The molecule has 2 aromatic rings. The van der Waals surface area contributed by atoms with Crippen LogP contribution in [0.25, 0.3) is 5.69 Å². The van der Waals surface area contributed by atoms with Crippen LogP contribution in [0.1, 0.15) is 37.7 Å². The first-order chi connectivity index (χ1) is 11.4. The summed E-state index contributed by atoms with van der Waals surface area (Å²) in [5.74, 6) is 0. The van der Waals surface area contributed by atoms with Gasteiger partial charge >= 0.3 is 0 Å². The summed E-state index contributed by atoms with van der Waals surface area (Å²) >= 11 is 0. The van der Waals surface area contributed by atoms with Gasteiger partial charge in [0.25, 0.3) is 0 Å². The lowest BCUT2D eigenvalue weighted by Crippen LogP contribution is -2.37. The van der Waals surface area contributed by atoms with Crippen LogP contribution >= 0.6 is 0 Å². The molecule has 0 unspecified atom stereocenters. The van der Waals surface area contributed by atoms with Crippen molar-refractivity contribution in [2.45, 2.75) is 39.5 Å². The van der Waals surface area contributed by atoms with Crippen molar-refractivity contribution in [2.24, 2.45) is 0 Å². The Balaban J connectivity index is 1.67. The maximum Gasteiger partial charge on any atom is 0.0685 e. The van der Waals surface area contributed by atoms with Gasteiger partial charge in [0.1, 0.15) is 0 Å². The number of benzene rings is 1. The van der Waals surface area contributed by atoms with Gasteiger partial charge in [-0.3, -0.25) is 4.90 Å². The Hall–Kier alpha value is -1.65. The standard InChI is InChI=1S/C20H29N3O/c1-16-15-19(20(2,3)4)21-23(16)18-7-5-17(6-8-18)9-10-22-11-13-24-14-12-22/h5-8,15H,9-14H2,1-4H3. The van der Waals surface area contributed by atoms with E-state index in [0.717, 1.165) is 50.7 Å². The lowest BCUT2D eigenvalue weighted by Gasteiger charge is -2.26. The van der Waals surface area contributed by atoms with Gasteiger partial charge in [-0.05, 0) is 37.1 Å². The Labute approximate surface area is 145 Å². The van der Waals surface area contributed by atoms with Gasteiger partial charge in [0.05, 0.1) is 24.6 Å². The second-order valence-corrected chi connectivity index (χ2v) is 7.70. The minimum atomic E-state index is 0.0775. The van der Waals surface area contributed by atoms with Crippen LogP contribution in [0.3, 0.4) is 0 Å². The molecule has 1 aromatic carbocycles. The number of rotatable bonds is 4. The summed E-state index contributed by atoms with van der Waals surface area (Å²) in [7, 11) is 0. The summed E-state index contributed by atoms with van der Waals surface area (Å²) < 4.78 is 7.45. The zero-order valence-electron chi connectivity index (χ0n) is 15.4. The van der Waals surface area contributed by atoms with Gasteiger partial charge in [0, 0.05) is 30.7 Å². The third kappa shape index (κ3) is 4.05. The highest BCUT2D eigenvalue weighted by atomic mass is 16.5. The number of nitrogens with zero attached hydrogens (tertiary/aromatic N) is 3. The summed E-state index contributed by atoms with van der Waals surface area (Å²) in [5.41, 5.74) is 4.91. The second-order valence-electron chi connectivity index (χ2n) is 7.70. The smallest absolute Gasteiger partial charge is 0.0685 e. The topological polar surface area (TPSA) is 30.3 Å². The van der Waals surface area contributed by atoms with Crippen LogP contribution in [0.4, 0.5) is 0 Å². The van der Waals surface area contributed by atoms with E-state index in [1.165, 1.54) is 11.3 Å². The fourth-order valence-corrected chi connectivity index (χ4v) is 3.02. The van der Waals surface area contributed by atoms with Gasteiger partial charge in [-0.1, -0.05) is 32.9 Å². The molecule has 130 valence electrons. The van der Waals surface area contributed by atoms with Crippen molar-refractivity contribution in [2.75, 3.05) is 32.8 Å². The van der Waals surface area contributed by atoms with Crippen LogP contribution in [0, 0.1) is 6.92 Å². The fourth-order valence-electron chi connectivity index (χ4n) is 3.02. The third-order valence-corrected chi connectivity index (χ3v) is 4.66. The molecule has 3 rings (SSSR count). The van der Waals surface area contributed by atoms with Gasteiger partial charge in [-0.15, -0.1) is 0 Å². The van der Waals surface area contributed by atoms with Crippen LogP contribution < -0.4 is 0 Å². The molecule has 0 saturated carbocycles. The molecule has 4 heteroatoms. The molecule has 0 spiro atoms. The molecule has 1 aliphatic heterocycles. The minimum Gasteiger partial charge on any atom is -0.379 e. The van der Waals surface area contributed by atoms with Crippen molar-refractivity contribution < 1.29 is 4.74 Å². The molecular weight excluding hydrogens is 298 g/mol. The van der Waals surface area contributed by atoms with Crippen molar-refractivity contribution in [3.05, 3.63) is 47.3 Å². The van der Waals surface area contributed by atoms with Gasteiger partial charge in [0.2, 0.25) is 0 Å². The summed E-state index contributed by atoms with van der Waals surface area (Å²) in [4.78, 5) is 2.48. The SMILES string of the molecule is Cc1cc(C(C)(C)C)nn1-c1ccc(CCN2CCOCC2)cc1. The zero-order chi connectivity index (χ0) is 17.2. The Bertz CT molecular complexity index is 661. The number of morpholine rings is 1. The molecule has 1 aromatic heterocycles. The van der Waals surface area contributed by atoms with Gasteiger partial charge < -0.3 is 4.74 Å². The van der Waals surface area contributed by atoms with E-state index in [1.54, 1.807) is 0 Å². The molecule has 0 N–H and O–H groups in total. The maximum atomic E-state index is 5.40. The quantitative estimate of drug-likeness (QED) is 0.863. The van der Waals surface area contributed by atoms with Crippen molar-refractivity contribution in [3.8, 4) is 5.69 Å². The summed E-state index contributed by atoms with van der Waals surface area (Å²) in [6.45, 7) is 13.7. The van der Waals surface area contributed by atoms with Crippen molar-refractivity contribution in [1.82, 2.24) is 14.7 Å². The molecule has 0 bridgehead atoms. The highest BCUT2D eigenvalue weighted by Crippen LogP contribution is 2.23. The zero-order valence-corrected chi connectivity index (χ0v) is 15.4. The van der Waals surface area contributed by atoms with Crippen LogP contribution in [0.2, 0.25) is 0 Å². The first kappa shape index (κ1) is 17.2. The second kappa shape index (κ2) is 7.08. The predicted octanol–water partition coefficient (Wildman–Crippen LogP) is 3.35. The Morgan fingerprint density at radius 1 is 1.08 bits per heavy atom. The average Bonchev–Trinajstić information content (AvgIpc) is 2.97. The van der Waals surface area contributed by atoms with Crippen LogP contribution in [0.5, 0.6) is 0 Å². The van der Waals surface area contributed by atoms with Gasteiger partial charge in [0.15, 0.2) is 0 Å². The van der Waals surface area contributed by atoms with Crippen molar-refractivity contribution >= 4 is 0 Å². The molecule has 1 saturated heterocycles. The highest BCUT2D eigenvalue weighted by Gasteiger charge is 2.19. The Morgan fingerprint density at radius 3 is 2.33 bits per heavy atom. The van der Waals surface area contributed by atoms with Crippen LogP contribution in [0.15, 0.2) is 30.3 Å². The Morgan fingerprint density at radius 2 is 1.75 bits per heavy atom. The van der Waals surface area contributed by atoms with Crippen LogP contribution in [-0.2, 0) is 16.6 Å². The Kier molecular flexibility index (Phi) is 5.07. The molecular formula is C20H29N3O. The van der Waals surface area contributed by atoms with E-state index in [0.29, 0.717) is 0 Å². The molecule has 2 heterocycles. The first-order valence-corrected chi connectivity index (χ1v) is 8.90. The molecule has 1 aliphatic rings. The number of hydrogen-bond donors (Lipinski definition) is 0. The van der Waals surface area contributed by atoms with Crippen LogP contribution in [-0.4, -0.2) is 47.5 Å². The van der Waals surface area contributed by atoms with Gasteiger partial charge in [-0.2, -0.15) is 5.10 Å². The number of aryl methyl sites for hydroxylation is 1. The lowest BCUT2D eigenvalue weighted by atomic mass is 9.92. The highest BCUT2D eigenvalue weighted by molar-refractivity contribution is 5.36. The number of aromatic nitrogens is 2. The number of hydrogen-bond acceptors (Lipinski definition) is 3. The van der Waals surface area contributed by atoms with E-state index >= 15 is 0 Å². The molecule has 0 radical (unpaired) electrons. The predicted molar refractivity (Wildman–Crippen MR) is 98.0 cm³/mol. The normalized spacial score (nSPS) is 16.5. The molecule has 4 nitrogen and oxygen atoms in total. The first-order valence-electron chi connectivity index (χ1n) is 8.90. The molecule has 0 aliphatic carbocycles.